The van der Waals surface area contributed by atoms with Crippen LogP contribution in [0.15, 0.2) is 24.3 Å². The Morgan fingerprint density at radius 1 is 1.17 bits per heavy atom. The molecule has 1 aromatic carbocycles. The van der Waals surface area contributed by atoms with E-state index in [1.807, 2.05) is 18.2 Å². The first-order chi connectivity index (χ1) is 8.68. The summed E-state index contributed by atoms with van der Waals surface area (Å²) < 4.78 is 0. The van der Waals surface area contributed by atoms with E-state index in [-0.39, 0.29) is 0 Å². The van der Waals surface area contributed by atoms with E-state index in [1.54, 1.807) is 0 Å². The van der Waals surface area contributed by atoms with Crippen LogP contribution in [0.1, 0.15) is 57.9 Å². The average molecular weight is 246 g/mol. The Bertz CT molecular complexity index is 377. The predicted molar refractivity (Wildman–Crippen MR) is 76.8 cm³/mol. The van der Waals surface area contributed by atoms with E-state index in [0.717, 1.165) is 12.0 Å². The Morgan fingerprint density at radius 3 is 2.44 bits per heavy atom. The molecule has 0 amide bonds. The maximum Gasteiger partial charge on any atom is 0.118 e. The van der Waals surface area contributed by atoms with Gasteiger partial charge in [0.1, 0.15) is 5.75 Å². The minimum absolute atomic E-state index is 0.464. The number of aromatic hydroxyl groups is 1. The predicted octanol–water partition coefficient (Wildman–Crippen LogP) is 4.93. The van der Waals surface area contributed by atoms with Gasteiger partial charge in [0.25, 0.3) is 0 Å². The lowest BCUT2D eigenvalue weighted by molar-refractivity contribution is 0.100. The van der Waals surface area contributed by atoms with E-state index in [0.29, 0.717) is 17.1 Å². The van der Waals surface area contributed by atoms with Gasteiger partial charge in [-0.3, -0.25) is 0 Å². The highest BCUT2D eigenvalue weighted by Gasteiger charge is 2.35. The fourth-order valence-electron chi connectivity index (χ4n) is 3.68. The Labute approximate surface area is 111 Å². The van der Waals surface area contributed by atoms with Gasteiger partial charge in [-0.05, 0) is 42.2 Å². The summed E-state index contributed by atoms with van der Waals surface area (Å²) in [5.74, 6) is 1.13. The van der Waals surface area contributed by atoms with Crippen molar-refractivity contribution in [3.8, 4) is 5.75 Å². The monoisotopic (exact) mass is 246 g/mol. The number of para-hydroxylation sites is 1. The third-order valence-corrected chi connectivity index (χ3v) is 5.12. The summed E-state index contributed by atoms with van der Waals surface area (Å²) in [6.07, 6.45) is 9.22. The van der Waals surface area contributed by atoms with Crippen molar-refractivity contribution in [2.24, 2.45) is 11.3 Å². The summed E-state index contributed by atoms with van der Waals surface area (Å²) in [5.41, 5.74) is 1.63. The van der Waals surface area contributed by atoms with Gasteiger partial charge in [0.2, 0.25) is 0 Å². The molecule has 1 unspecified atom stereocenters. The zero-order valence-corrected chi connectivity index (χ0v) is 11.8. The molecular weight excluding hydrogens is 220 g/mol. The zero-order valence-electron chi connectivity index (χ0n) is 11.8. The third kappa shape index (κ3) is 2.71. The smallest absolute Gasteiger partial charge is 0.118 e. The molecule has 1 aliphatic rings. The molecule has 0 spiro atoms. The molecule has 1 saturated carbocycles. The van der Waals surface area contributed by atoms with Crippen LogP contribution in [0.2, 0.25) is 0 Å². The highest BCUT2D eigenvalue weighted by molar-refractivity contribution is 5.32. The van der Waals surface area contributed by atoms with E-state index in [9.17, 15) is 5.11 Å². The lowest BCUT2D eigenvalue weighted by Gasteiger charge is -2.42. The second kappa shape index (κ2) is 5.77. The van der Waals surface area contributed by atoms with Gasteiger partial charge in [-0.15, -0.1) is 0 Å². The summed E-state index contributed by atoms with van der Waals surface area (Å²) in [6, 6.07) is 7.81. The number of hydrogen-bond donors (Lipinski definition) is 1. The maximum absolute atomic E-state index is 9.91. The van der Waals surface area contributed by atoms with Crippen LogP contribution in [-0.2, 0) is 6.42 Å². The number of benzene rings is 1. The first kappa shape index (κ1) is 13.5. The minimum atomic E-state index is 0.464. The molecule has 1 fully saturated rings. The van der Waals surface area contributed by atoms with Crippen molar-refractivity contribution in [2.75, 3.05) is 0 Å². The molecule has 1 N–H and O–H groups in total. The van der Waals surface area contributed by atoms with Gasteiger partial charge < -0.3 is 5.11 Å². The van der Waals surface area contributed by atoms with Crippen LogP contribution in [0, 0.1) is 11.3 Å². The standard InChI is InChI=1S/C17H26O/c1-3-17(11-7-4-8-12-17)14(2)13-15-9-5-6-10-16(15)18/h5-6,9-10,14,18H,3-4,7-8,11-13H2,1-2H3. The van der Waals surface area contributed by atoms with Gasteiger partial charge in [0.05, 0.1) is 0 Å². The summed E-state index contributed by atoms with van der Waals surface area (Å²) in [6.45, 7) is 4.72. The molecule has 1 aromatic rings. The fourth-order valence-corrected chi connectivity index (χ4v) is 3.68. The Kier molecular flexibility index (Phi) is 4.31. The van der Waals surface area contributed by atoms with Crippen molar-refractivity contribution >= 4 is 0 Å². The molecule has 1 nitrogen and oxygen atoms in total. The quantitative estimate of drug-likeness (QED) is 0.798. The van der Waals surface area contributed by atoms with Crippen molar-refractivity contribution < 1.29 is 5.11 Å². The first-order valence-corrected chi connectivity index (χ1v) is 7.45. The molecule has 1 atom stereocenters. The van der Waals surface area contributed by atoms with Crippen LogP contribution in [0.5, 0.6) is 5.75 Å². The fraction of sp³-hybridized carbons (Fsp3) is 0.647. The van der Waals surface area contributed by atoms with E-state index in [4.69, 9.17) is 0 Å². The Hall–Kier alpha value is -0.980. The SMILES string of the molecule is CCC1(C(C)Cc2ccccc2O)CCCCC1. The van der Waals surface area contributed by atoms with Crippen LogP contribution in [0.4, 0.5) is 0 Å². The molecule has 0 bridgehead atoms. The molecule has 100 valence electrons. The van der Waals surface area contributed by atoms with Crippen molar-refractivity contribution in [1.82, 2.24) is 0 Å². The molecule has 0 heterocycles. The number of phenolic OH excluding ortho intramolecular Hbond substituents is 1. The highest BCUT2D eigenvalue weighted by atomic mass is 16.3. The zero-order chi connectivity index (χ0) is 13.0. The second-order valence-electron chi connectivity index (χ2n) is 6.01. The largest absolute Gasteiger partial charge is 0.508 e. The normalized spacial score (nSPS) is 20.6. The van der Waals surface area contributed by atoms with Crippen LogP contribution in [0.3, 0.4) is 0 Å². The Morgan fingerprint density at radius 2 is 1.83 bits per heavy atom. The van der Waals surface area contributed by atoms with Gasteiger partial charge in [-0.1, -0.05) is 57.7 Å². The second-order valence-corrected chi connectivity index (χ2v) is 6.01. The third-order valence-electron chi connectivity index (χ3n) is 5.12. The van der Waals surface area contributed by atoms with E-state index in [1.165, 1.54) is 38.5 Å². The van der Waals surface area contributed by atoms with E-state index in [2.05, 4.69) is 19.9 Å². The molecule has 1 heteroatoms. The first-order valence-electron chi connectivity index (χ1n) is 7.45. The number of rotatable bonds is 4. The van der Waals surface area contributed by atoms with Gasteiger partial charge >= 0.3 is 0 Å². The summed E-state index contributed by atoms with van der Waals surface area (Å²) in [7, 11) is 0. The maximum atomic E-state index is 9.91. The summed E-state index contributed by atoms with van der Waals surface area (Å²) >= 11 is 0. The molecule has 0 aromatic heterocycles. The molecule has 2 rings (SSSR count). The highest BCUT2D eigenvalue weighted by Crippen LogP contribution is 2.46. The summed E-state index contributed by atoms with van der Waals surface area (Å²) in [5, 5.41) is 9.91. The topological polar surface area (TPSA) is 20.2 Å². The molecular formula is C17H26O. The van der Waals surface area contributed by atoms with E-state index >= 15 is 0 Å². The number of phenols is 1. The molecule has 0 saturated heterocycles. The average Bonchev–Trinajstić information content (AvgIpc) is 2.42. The molecule has 0 aliphatic heterocycles. The van der Waals surface area contributed by atoms with Gasteiger partial charge in [-0.25, -0.2) is 0 Å². The Balaban J connectivity index is 2.10. The van der Waals surface area contributed by atoms with Gasteiger partial charge in [0, 0.05) is 0 Å². The van der Waals surface area contributed by atoms with Gasteiger partial charge in [-0.2, -0.15) is 0 Å². The lowest BCUT2D eigenvalue weighted by Crippen LogP contribution is -2.32. The van der Waals surface area contributed by atoms with Crippen LogP contribution in [-0.4, -0.2) is 5.11 Å². The lowest BCUT2D eigenvalue weighted by atomic mass is 9.63. The summed E-state index contributed by atoms with van der Waals surface area (Å²) in [4.78, 5) is 0. The number of hydrogen-bond acceptors (Lipinski definition) is 1. The van der Waals surface area contributed by atoms with Crippen LogP contribution in [0.25, 0.3) is 0 Å². The molecule has 18 heavy (non-hydrogen) atoms. The van der Waals surface area contributed by atoms with Gasteiger partial charge in [0.15, 0.2) is 0 Å². The minimum Gasteiger partial charge on any atom is -0.508 e. The van der Waals surface area contributed by atoms with Crippen LogP contribution >= 0.6 is 0 Å². The van der Waals surface area contributed by atoms with Crippen molar-refractivity contribution in [2.45, 2.75) is 58.8 Å². The van der Waals surface area contributed by atoms with Crippen molar-refractivity contribution in [3.63, 3.8) is 0 Å². The molecule has 0 radical (unpaired) electrons. The van der Waals surface area contributed by atoms with Crippen molar-refractivity contribution in [1.29, 1.82) is 0 Å². The van der Waals surface area contributed by atoms with E-state index < -0.39 is 0 Å². The van der Waals surface area contributed by atoms with Crippen LogP contribution < -0.4 is 0 Å². The molecule has 1 aliphatic carbocycles. The van der Waals surface area contributed by atoms with Crippen molar-refractivity contribution in [3.05, 3.63) is 29.8 Å².